The number of benzene rings is 2. The van der Waals surface area contributed by atoms with Crippen LogP contribution in [-0.2, 0) is 15.3 Å². The van der Waals surface area contributed by atoms with Gasteiger partial charge in [0.1, 0.15) is 11.5 Å². The summed E-state index contributed by atoms with van der Waals surface area (Å²) in [5.74, 6) is 0.424. The van der Waals surface area contributed by atoms with Gasteiger partial charge in [-0.3, -0.25) is 4.79 Å². The molecule has 1 aliphatic rings. The Kier molecular flexibility index (Phi) is 8.24. The van der Waals surface area contributed by atoms with E-state index in [2.05, 4.69) is 15.9 Å². The molecular formula is C20H24BBrO7. The summed E-state index contributed by atoms with van der Waals surface area (Å²) < 4.78 is 22.3. The van der Waals surface area contributed by atoms with Gasteiger partial charge in [0.25, 0.3) is 0 Å². The van der Waals surface area contributed by atoms with Crippen LogP contribution >= 0.6 is 15.9 Å². The largest absolute Gasteiger partial charge is 0.497 e. The summed E-state index contributed by atoms with van der Waals surface area (Å²) in [6.45, 7) is 4.53. The smallest absolute Gasteiger partial charge is 0.489 e. The first-order valence-electron chi connectivity index (χ1n) is 8.88. The van der Waals surface area contributed by atoms with Crippen molar-refractivity contribution in [2.45, 2.75) is 19.6 Å². The highest BCUT2D eigenvalue weighted by atomic mass is 79.9. The molecule has 0 saturated carbocycles. The van der Waals surface area contributed by atoms with E-state index in [0.29, 0.717) is 19.0 Å². The average Bonchev–Trinajstić information content (AvgIpc) is 3.15. The minimum Gasteiger partial charge on any atom is -0.497 e. The Bertz CT molecular complexity index is 851. The van der Waals surface area contributed by atoms with Gasteiger partial charge in [-0.15, -0.1) is 0 Å². The predicted octanol–water partition coefficient (Wildman–Crippen LogP) is 2.25. The maximum atomic E-state index is 11.2. The van der Waals surface area contributed by atoms with Gasteiger partial charge in [0.2, 0.25) is 0 Å². The maximum absolute atomic E-state index is 11.2. The zero-order chi connectivity index (χ0) is 21.6. The summed E-state index contributed by atoms with van der Waals surface area (Å²) in [4.78, 5) is 11.2. The number of Topliss-reactive ketones (excluding diaryl/α,β-unsaturated/α-hetero) is 1. The lowest BCUT2D eigenvalue weighted by atomic mass is 9.76. The molecule has 0 bridgehead atoms. The normalized spacial score (nSPS) is 14.6. The van der Waals surface area contributed by atoms with E-state index in [1.807, 2.05) is 25.1 Å². The summed E-state index contributed by atoms with van der Waals surface area (Å²) in [6.07, 6.45) is 0. The predicted molar refractivity (Wildman–Crippen MR) is 113 cm³/mol. The fourth-order valence-corrected chi connectivity index (χ4v) is 3.45. The van der Waals surface area contributed by atoms with Crippen LogP contribution in [0, 0.1) is 0 Å². The Morgan fingerprint density at radius 2 is 1.62 bits per heavy atom. The van der Waals surface area contributed by atoms with E-state index in [-0.39, 0.29) is 16.8 Å². The highest BCUT2D eigenvalue weighted by molar-refractivity contribution is 9.10. The first kappa shape index (κ1) is 23.4. The SMILES string of the molecule is COc1ccc(B(O)O)c(C(C)=O)c1.COc1ccc(Br)c(C2(C)OCCO2)c1. The van der Waals surface area contributed by atoms with Crippen LogP contribution in [0.4, 0.5) is 0 Å². The molecule has 0 amide bonds. The molecule has 0 spiro atoms. The van der Waals surface area contributed by atoms with Crippen molar-refractivity contribution in [3.63, 3.8) is 0 Å². The third kappa shape index (κ3) is 5.80. The second-order valence-electron chi connectivity index (χ2n) is 6.37. The van der Waals surface area contributed by atoms with Gasteiger partial charge in [-0.05, 0) is 49.6 Å². The van der Waals surface area contributed by atoms with Crippen LogP contribution < -0.4 is 14.9 Å². The van der Waals surface area contributed by atoms with E-state index in [4.69, 9.17) is 29.0 Å². The van der Waals surface area contributed by atoms with Gasteiger partial charge in [-0.25, -0.2) is 0 Å². The molecule has 1 aliphatic heterocycles. The summed E-state index contributed by atoms with van der Waals surface area (Å²) in [5, 5.41) is 18.0. The van der Waals surface area contributed by atoms with Crippen molar-refractivity contribution in [1.82, 2.24) is 0 Å². The lowest BCUT2D eigenvalue weighted by molar-refractivity contribution is -0.150. The molecule has 0 aromatic heterocycles. The topological polar surface area (TPSA) is 94.5 Å². The minimum absolute atomic E-state index is 0.193. The van der Waals surface area contributed by atoms with Crippen molar-refractivity contribution < 1.29 is 33.8 Å². The van der Waals surface area contributed by atoms with Crippen LogP contribution in [-0.4, -0.2) is 50.4 Å². The molecule has 7 nitrogen and oxygen atoms in total. The van der Waals surface area contributed by atoms with E-state index < -0.39 is 12.9 Å². The minimum atomic E-state index is -1.64. The number of carbonyl (C=O) groups is 1. The zero-order valence-electron chi connectivity index (χ0n) is 16.8. The van der Waals surface area contributed by atoms with Gasteiger partial charge in [0.05, 0.1) is 27.4 Å². The first-order chi connectivity index (χ1) is 13.7. The van der Waals surface area contributed by atoms with Crippen molar-refractivity contribution in [2.75, 3.05) is 27.4 Å². The molecule has 156 valence electrons. The lowest BCUT2D eigenvalue weighted by Gasteiger charge is -2.24. The Morgan fingerprint density at radius 1 is 1.07 bits per heavy atom. The fraction of sp³-hybridized carbons (Fsp3) is 0.350. The third-order valence-corrected chi connectivity index (χ3v) is 5.11. The molecule has 2 aromatic rings. The van der Waals surface area contributed by atoms with Crippen LogP contribution in [0.3, 0.4) is 0 Å². The second kappa shape index (κ2) is 10.2. The van der Waals surface area contributed by atoms with Gasteiger partial charge >= 0.3 is 7.12 Å². The Labute approximate surface area is 178 Å². The van der Waals surface area contributed by atoms with Crippen molar-refractivity contribution in [1.29, 1.82) is 0 Å². The second-order valence-corrected chi connectivity index (χ2v) is 7.23. The van der Waals surface area contributed by atoms with E-state index in [0.717, 1.165) is 15.8 Å². The number of rotatable bonds is 5. The molecular weight excluding hydrogens is 443 g/mol. The van der Waals surface area contributed by atoms with Crippen LogP contribution in [0.1, 0.15) is 29.8 Å². The van der Waals surface area contributed by atoms with Crippen molar-refractivity contribution in [3.05, 3.63) is 52.0 Å². The molecule has 3 rings (SSSR count). The van der Waals surface area contributed by atoms with E-state index in [1.165, 1.54) is 26.2 Å². The summed E-state index contributed by atoms with van der Waals surface area (Å²) >= 11 is 3.49. The Morgan fingerprint density at radius 3 is 2.14 bits per heavy atom. The molecule has 2 aromatic carbocycles. The number of methoxy groups -OCH3 is 2. The molecule has 1 heterocycles. The van der Waals surface area contributed by atoms with E-state index in [1.54, 1.807) is 13.2 Å². The zero-order valence-corrected chi connectivity index (χ0v) is 18.4. The monoisotopic (exact) mass is 466 g/mol. The summed E-state index contributed by atoms with van der Waals surface area (Å²) in [6, 6.07) is 10.3. The number of hydrogen-bond acceptors (Lipinski definition) is 7. The highest BCUT2D eigenvalue weighted by Gasteiger charge is 2.35. The maximum Gasteiger partial charge on any atom is 0.489 e. The Hall–Kier alpha value is -1.91. The number of hydrogen-bond donors (Lipinski definition) is 2. The van der Waals surface area contributed by atoms with Crippen LogP contribution in [0.5, 0.6) is 11.5 Å². The van der Waals surface area contributed by atoms with E-state index >= 15 is 0 Å². The van der Waals surface area contributed by atoms with Gasteiger partial charge in [-0.2, -0.15) is 0 Å². The number of ketones is 1. The quantitative estimate of drug-likeness (QED) is 0.515. The molecule has 0 aliphatic carbocycles. The molecule has 29 heavy (non-hydrogen) atoms. The average molecular weight is 467 g/mol. The molecule has 1 fully saturated rings. The fourth-order valence-electron chi connectivity index (χ4n) is 2.84. The molecule has 0 atom stereocenters. The first-order valence-corrected chi connectivity index (χ1v) is 9.68. The Balaban J connectivity index is 0.000000208. The molecule has 2 N–H and O–H groups in total. The third-order valence-electron chi connectivity index (χ3n) is 4.42. The van der Waals surface area contributed by atoms with Crippen molar-refractivity contribution in [2.24, 2.45) is 0 Å². The number of halogens is 1. The molecule has 9 heteroatoms. The van der Waals surface area contributed by atoms with Crippen molar-refractivity contribution in [3.8, 4) is 11.5 Å². The van der Waals surface area contributed by atoms with Crippen LogP contribution in [0.15, 0.2) is 40.9 Å². The molecule has 0 unspecified atom stereocenters. The number of carbonyl (C=O) groups excluding carboxylic acids is 1. The van der Waals surface area contributed by atoms with Gasteiger partial charge in [-0.1, -0.05) is 22.0 Å². The van der Waals surface area contributed by atoms with Crippen molar-refractivity contribution >= 4 is 34.3 Å². The van der Waals surface area contributed by atoms with Gasteiger partial charge < -0.3 is 29.0 Å². The standard InChI is InChI=1S/C11H13BrO3.C9H11BO4/c1-11(14-5-6-15-11)9-7-8(13-2)3-4-10(9)12;1-6(11)8-5-7(14-2)3-4-9(8)10(12)13/h3-4,7H,5-6H2,1-2H3;3-5,12-13H,1-2H3. The summed E-state index contributed by atoms with van der Waals surface area (Å²) in [5.41, 5.74) is 1.41. The molecule has 0 radical (unpaired) electrons. The van der Waals surface area contributed by atoms with Gasteiger partial charge in [0, 0.05) is 15.6 Å². The highest BCUT2D eigenvalue weighted by Crippen LogP contribution is 2.37. The summed E-state index contributed by atoms with van der Waals surface area (Å²) in [7, 11) is 1.49. The number of ether oxygens (including phenoxy) is 4. The van der Waals surface area contributed by atoms with Gasteiger partial charge in [0.15, 0.2) is 11.6 Å². The van der Waals surface area contributed by atoms with Crippen LogP contribution in [0.2, 0.25) is 0 Å². The lowest BCUT2D eigenvalue weighted by Crippen LogP contribution is -2.34. The molecule has 1 saturated heterocycles. The van der Waals surface area contributed by atoms with E-state index in [9.17, 15) is 4.79 Å². The van der Waals surface area contributed by atoms with Crippen LogP contribution in [0.25, 0.3) is 0 Å².